The molecular weight excluding hydrogens is 364 g/mol. The monoisotopic (exact) mass is 392 g/mol. The van der Waals surface area contributed by atoms with Gasteiger partial charge in [0.1, 0.15) is 18.1 Å². The largest absolute Gasteiger partial charge is 0.489 e. The van der Waals surface area contributed by atoms with Crippen LogP contribution < -0.4 is 10.1 Å². The maximum atomic E-state index is 12.9. The molecular formula is C24H28N2O3. The van der Waals surface area contributed by atoms with Crippen molar-refractivity contribution >= 4 is 5.91 Å². The van der Waals surface area contributed by atoms with Gasteiger partial charge in [-0.2, -0.15) is 0 Å². The number of benzene rings is 2. The Balaban J connectivity index is 1.70. The van der Waals surface area contributed by atoms with Gasteiger partial charge in [0.15, 0.2) is 0 Å². The maximum Gasteiger partial charge on any atom is 0.251 e. The van der Waals surface area contributed by atoms with Crippen molar-refractivity contribution in [1.29, 1.82) is 0 Å². The Morgan fingerprint density at radius 1 is 1.10 bits per heavy atom. The van der Waals surface area contributed by atoms with Gasteiger partial charge in [-0.25, -0.2) is 0 Å². The fourth-order valence-corrected chi connectivity index (χ4v) is 3.27. The summed E-state index contributed by atoms with van der Waals surface area (Å²) in [6.45, 7) is 8.42. The molecule has 0 aliphatic heterocycles. The molecule has 5 heteroatoms. The molecule has 29 heavy (non-hydrogen) atoms. The minimum absolute atomic E-state index is 0.0319. The van der Waals surface area contributed by atoms with Crippen LogP contribution in [0.4, 0.5) is 0 Å². The standard InChI is InChI=1S/C24H28N2O3/c1-16(2)13-23(19-9-6-5-7-10-19)25-24(27)20-11-8-12-21(14-20)28-15-22-17(3)26-29-18(22)4/h5-12,14,16,23H,13,15H2,1-4H3,(H,25,27). The third-order valence-electron chi connectivity index (χ3n) is 4.87. The lowest BCUT2D eigenvalue weighted by Gasteiger charge is -2.21. The minimum atomic E-state index is -0.109. The van der Waals surface area contributed by atoms with Crippen LogP contribution in [0.15, 0.2) is 59.1 Å². The van der Waals surface area contributed by atoms with E-state index in [2.05, 4.69) is 36.5 Å². The summed E-state index contributed by atoms with van der Waals surface area (Å²) in [5, 5.41) is 7.12. The van der Waals surface area contributed by atoms with Gasteiger partial charge in [-0.3, -0.25) is 4.79 Å². The summed E-state index contributed by atoms with van der Waals surface area (Å²) in [6.07, 6.45) is 0.873. The number of nitrogens with one attached hydrogen (secondary N) is 1. The molecule has 1 unspecified atom stereocenters. The number of aromatic nitrogens is 1. The van der Waals surface area contributed by atoms with Crippen LogP contribution in [0.1, 0.15) is 59.2 Å². The number of hydrogen-bond acceptors (Lipinski definition) is 4. The summed E-state index contributed by atoms with van der Waals surface area (Å²) >= 11 is 0. The lowest BCUT2D eigenvalue weighted by atomic mass is 9.96. The van der Waals surface area contributed by atoms with E-state index in [-0.39, 0.29) is 11.9 Å². The van der Waals surface area contributed by atoms with Crippen LogP contribution in [-0.2, 0) is 6.61 Å². The zero-order chi connectivity index (χ0) is 20.8. The number of carbonyl (C=O) groups is 1. The Morgan fingerprint density at radius 2 is 1.86 bits per heavy atom. The summed E-state index contributed by atoms with van der Waals surface area (Å²) in [7, 11) is 0. The highest BCUT2D eigenvalue weighted by atomic mass is 16.5. The minimum Gasteiger partial charge on any atom is -0.489 e. The SMILES string of the molecule is Cc1noc(C)c1COc1cccc(C(=O)NC(CC(C)C)c2ccccc2)c1. The smallest absolute Gasteiger partial charge is 0.251 e. The average Bonchev–Trinajstić information content (AvgIpc) is 3.04. The molecule has 0 aliphatic carbocycles. The van der Waals surface area contributed by atoms with E-state index in [1.807, 2.05) is 44.2 Å². The third kappa shape index (κ3) is 5.47. The molecule has 152 valence electrons. The molecule has 5 nitrogen and oxygen atoms in total. The lowest BCUT2D eigenvalue weighted by molar-refractivity contribution is 0.0931. The molecule has 3 aromatic rings. The van der Waals surface area contributed by atoms with Crippen molar-refractivity contribution in [1.82, 2.24) is 10.5 Å². The van der Waals surface area contributed by atoms with Gasteiger partial charge in [-0.1, -0.05) is 55.4 Å². The van der Waals surface area contributed by atoms with Gasteiger partial charge in [0.2, 0.25) is 0 Å². The molecule has 0 aliphatic rings. The highest BCUT2D eigenvalue weighted by Crippen LogP contribution is 2.23. The van der Waals surface area contributed by atoms with E-state index in [9.17, 15) is 4.79 Å². The molecule has 0 bridgehead atoms. The van der Waals surface area contributed by atoms with Crippen LogP contribution >= 0.6 is 0 Å². The molecule has 1 heterocycles. The molecule has 0 saturated carbocycles. The first-order valence-corrected chi connectivity index (χ1v) is 9.94. The second-order valence-corrected chi connectivity index (χ2v) is 7.69. The number of rotatable bonds is 8. The summed E-state index contributed by atoms with van der Waals surface area (Å²) in [5.41, 5.74) is 3.43. The predicted molar refractivity (Wildman–Crippen MR) is 113 cm³/mol. The third-order valence-corrected chi connectivity index (χ3v) is 4.87. The molecule has 3 rings (SSSR count). The Bertz CT molecular complexity index is 928. The van der Waals surface area contributed by atoms with E-state index in [1.165, 1.54) is 0 Å². The quantitative estimate of drug-likeness (QED) is 0.558. The van der Waals surface area contributed by atoms with Gasteiger partial charge in [0.25, 0.3) is 5.91 Å². The van der Waals surface area contributed by atoms with Crippen molar-refractivity contribution in [3.63, 3.8) is 0 Å². The topological polar surface area (TPSA) is 64.4 Å². The van der Waals surface area contributed by atoms with E-state index in [0.29, 0.717) is 23.8 Å². The van der Waals surface area contributed by atoms with Gasteiger partial charge in [0.05, 0.1) is 17.3 Å². The lowest BCUT2D eigenvalue weighted by Crippen LogP contribution is -2.29. The van der Waals surface area contributed by atoms with Crippen molar-refractivity contribution in [3.05, 3.63) is 82.7 Å². The van der Waals surface area contributed by atoms with Gasteiger partial charge < -0.3 is 14.6 Å². The molecule has 1 N–H and O–H groups in total. The van der Waals surface area contributed by atoms with Crippen molar-refractivity contribution in [2.45, 2.75) is 46.8 Å². The summed E-state index contributed by atoms with van der Waals surface area (Å²) in [6, 6.07) is 17.3. The molecule has 1 atom stereocenters. The normalized spacial score (nSPS) is 12.0. The predicted octanol–water partition coefficient (Wildman–Crippen LogP) is 5.39. The van der Waals surface area contributed by atoms with Crippen molar-refractivity contribution in [2.75, 3.05) is 0 Å². The number of nitrogens with zero attached hydrogens (tertiary/aromatic N) is 1. The Labute approximate surface area is 172 Å². The second kappa shape index (κ2) is 9.41. The van der Waals surface area contributed by atoms with Crippen molar-refractivity contribution in [3.8, 4) is 5.75 Å². The van der Waals surface area contributed by atoms with Crippen LogP contribution in [0.2, 0.25) is 0 Å². The first-order chi connectivity index (χ1) is 13.9. The molecule has 2 aromatic carbocycles. The fraction of sp³-hybridized carbons (Fsp3) is 0.333. The number of ether oxygens (including phenoxy) is 1. The number of amides is 1. The van der Waals surface area contributed by atoms with Gasteiger partial charge >= 0.3 is 0 Å². The van der Waals surface area contributed by atoms with Crippen LogP contribution in [0.3, 0.4) is 0 Å². The average molecular weight is 392 g/mol. The summed E-state index contributed by atoms with van der Waals surface area (Å²) in [4.78, 5) is 12.9. The van der Waals surface area contributed by atoms with Crippen molar-refractivity contribution in [2.24, 2.45) is 5.92 Å². The summed E-state index contributed by atoms with van der Waals surface area (Å²) in [5.74, 6) is 1.74. The van der Waals surface area contributed by atoms with Crippen molar-refractivity contribution < 1.29 is 14.1 Å². The first-order valence-electron chi connectivity index (χ1n) is 9.94. The van der Waals surface area contributed by atoms with E-state index >= 15 is 0 Å². The molecule has 0 spiro atoms. The van der Waals surface area contributed by atoms with Crippen LogP contribution in [-0.4, -0.2) is 11.1 Å². The van der Waals surface area contributed by atoms with E-state index in [0.717, 1.165) is 29.0 Å². The number of carbonyl (C=O) groups excluding carboxylic acids is 1. The zero-order valence-electron chi connectivity index (χ0n) is 17.4. The Kier molecular flexibility index (Phi) is 6.70. The summed E-state index contributed by atoms with van der Waals surface area (Å²) < 4.78 is 11.0. The molecule has 1 amide bonds. The van der Waals surface area contributed by atoms with E-state index in [4.69, 9.17) is 9.26 Å². The zero-order valence-corrected chi connectivity index (χ0v) is 17.4. The second-order valence-electron chi connectivity index (χ2n) is 7.69. The van der Waals surface area contributed by atoms with E-state index < -0.39 is 0 Å². The van der Waals surface area contributed by atoms with E-state index in [1.54, 1.807) is 12.1 Å². The maximum absolute atomic E-state index is 12.9. The fourth-order valence-electron chi connectivity index (χ4n) is 3.27. The molecule has 0 radical (unpaired) electrons. The van der Waals surface area contributed by atoms with Crippen LogP contribution in [0, 0.1) is 19.8 Å². The highest BCUT2D eigenvalue weighted by Gasteiger charge is 2.17. The van der Waals surface area contributed by atoms with Crippen LogP contribution in [0.5, 0.6) is 5.75 Å². The number of hydrogen-bond donors (Lipinski definition) is 1. The molecule has 0 fully saturated rings. The Morgan fingerprint density at radius 3 is 2.52 bits per heavy atom. The van der Waals surface area contributed by atoms with Gasteiger partial charge in [0, 0.05) is 5.56 Å². The Hall–Kier alpha value is -3.08. The molecule has 0 saturated heterocycles. The number of aryl methyl sites for hydroxylation is 2. The first kappa shape index (κ1) is 20.6. The van der Waals surface area contributed by atoms with Gasteiger partial charge in [-0.05, 0) is 49.9 Å². The van der Waals surface area contributed by atoms with Crippen LogP contribution in [0.25, 0.3) is 0 Å². The molecule has 1 aromatic heterocycles. The highest BCUT2D eigenvalue weighted by molar-refractivity contribution is 5.94. The van der Waals surface area contributed by atoms with Gasteiger partial charge in [-0.15, -0.1) is 0 Å².